The Labute approximate surface area is 232 Å². The van der Waals surface area contributed by atoms with Crippen molar-refractivity contribution in [3.05, 3.63) is 59.2 Å². The normalized spacial score (nSPS) is 19.5. The summed E-state index contributed by atoms with van der Waals surface area (Å²) in [7, 11) is 1.61. The lowest BCUT2D eigenvalue weighted by Gasteiger charge is -2.34. The number of piperazine rings is 1. The Morgan fingerprint density at radius 1 is 0.950 bits per heavy atom. The molecule has 0 aliphatic carbocycles. The first-order valence-corrected chi connectivity index (χ1v) is 13.5. The summed E-state index contributed by atoms with van der Waals surface area (Å²) < 4.78 is 11.1. The molecule has 5 rings (SSSR count). The molecule has 3 aliphatic rings. The number of benzene rings is 2. The van der Waals surface area contributed by atoms with E-state index in [0.717, 1.165) is 42.3 Å². The molecule has 2 aromatic carbocycles. The zero-order valence-corrected chi connectivity index (χ0v) is 22.4. The molecule has 0 aromatic heterocycles. The third-order valence-electron chi connectivity index (χ3n) is 7.51. The standard InChI is InChI=1S/C29H32N4O7/c1-39-20-5-2-4-19(16-20)17-26(35)32-13-11-31(12-14-32)10-3-15-40-21-6-7-22-23(18-21)29(38)33(28(22)37)24-8-9-25(34)30-27(24)36/h2,4-7,16,18,24H,3,8-15,17H2,1H3,(H,30,34,36). The van der Waals surface area contributed by atoms with Gasteiger partial charge in [0.2, 0.25) is 17.7 Å². The highest BCUT2D eigenvalue weighted by Gasteiger charge is 2.44. The predicted octanol–water partition coefficient (Wildman–Crippen LogP) is 1.25. The molecule has 1 unspecified atom stereocenters. The molecule has 11 heteroatoms. The fourth-order valence-electron chi connectivity index (χ4n) is 5.31. The Morgan fingerprint density at radius 2 is 1.73 bits per heavy atom. The highest BCUT2D eigenvalue weighted by atomic mass is 16.5. The molecule has 11 nitrogen and oxygen atoms in total. The van der Waals surface area contributed by atoms with E-state index in [0.29, 0.717) is 31.9 Å². The number of nitrogens with one attached hydrogen (secondary N) is 1. The van der Waals surface area contributed by atoms with Crippen molar-refractivity contribution in [2.45, 2.75) is 31.7 Å². The Hall–Kier alpha value is -4.25. The molecule has 3 heterocycles. The zero-order chi connectivity index (χ0) is 28.2. The van der Waals surface area contributed by atoms with Gasteiger partial charge in [-0.1, -0.05) is 12.1 Å². The van der Waals surface area contributed by atoms with E-state index in [4.69, 9.17) is 9.47 Å². The maximum atomic E-state index is 13.0. The molecule has 5 amide bonds. The van der Waals surface area contributed by atoms with Crippen LogP contribution in [0.25, 0.3) is 0 Å². The van der Waals surface area contributed by atoms with Crippen LogP contribution in [0.4, 0.5) is 0 Å². The monoisotopic (exact) mass is 548 g/mol. The summed E-state index contributed by atoms with van der Waals surface area (Å²) >= 11 is 0. The van der Waals surface area contributed by atoms with E-state index in [9.17, 15) is 24.0 Å². The molecule has 2 saturated heterocycles. The second-order valence-corrected chi connectivity index (χ2v) is 10.1. The van der Waals surface area contributed by atoms with E-state index >= 15 is 0 Å². The molecule has 0 bridgehead atoms. The first-order valence-electron chi connectivity index (χ1n) is 13.5. The van der Waals surface area contributed by atoms with Crippen molar-refractivity contribution < 1.29 is 33.4 Å². The van der Waals surface area contributed by atoms with Crippen molar-refractivity contribution in [2.24, 2.45) is 0 Å². The van der Waals surface area contributed by atoms with Crippen molar-refractivity contribution in [1.82, 2.24) is 20.0 Å². The van der Waals surface area contributed by atoms with Crippen molar-refractivity contribution >= 4 is 29.5 Å². The largest absolute Gasteiger partial charge is 0.497 e. The van der Waals surface area contributed by atoms with Crippen LogP contribution in [-0.2, 0) is 20.8 Å². The van der Waals surface area contributed by atoms with E-state index in [-0.39, 0.29) is 29.9 Å². The summed E-state index contributed by atoms with van der Waals surface area (Å²) in [6.07, 6.45) is 1.30. The van der Waals surface area contributed by atoms with Gasteiger partial charge in [0.1, 0.15) is 17.5 Å². The Balaban J connectivity index is 1.06. The van der Waals surface area contributed by atoms with Gasteiger partial charge in [0.15, 0.2) is 0 Å². The summed E-state index contributed by atoms with van der Waals surface area (Å²) in [5, 5.41) is 2.19. The minimum Gasteiger partial charge on any atom is -0.497 e. The maximum Gasteiger partial charge on any atom is 0.262 e. The van der Waals surface area contributed by atoms with Crippen LogP contribution in [0.5, 0.6) is 11.5 Å². The van der Waals surface area contributed by atoms with Crippen molar-refractivity contribution in [1.29, 1.82) is 0 Å². The van der Waals surface area contributed by atoms with Crippen LogP contribution in [0.1, 0.15) is 45.5 Å². The number of methoxy groups -OCH3 is 1. The second-order valence-electron chi connectivity index (χ2n) is 10.1. The van der Waals surface area contributed by atoms with Gasteiger partial charge in [0.05, 0.1) is 31.3 Å². The minimum atomic E-state index is -0.993. The van der Waals surface area contributed by atoms with Crippen LogP contribution in [0.3, 0.4) is 0 Å². The van der Waals surface area contributed by atoms with Crippen LogP contribution in [0.2, 0.25) is 0 Å². The number of hydrogen-bond acceptors (Lipinski definition) is 8. The number of nitrogens with zero attached hydrogens (tertiary/aromatic N) is 3. The third-order valence-corrected chi connectivity index (χ3v) is 7.51. The van der Waals surface area contributed by atoms with E-state index in [1.165, 1.54) is 6.07 Å². The van der Waals surface area contributed by atoms with E-state index in [1.54, 1.807) is 19.2 Å². The predicted molar refractivity (Wildman–Crippen MR) is 143 cm³/mol. The number of hydrogen-bond donors (Lipinski definition) is 1. The average Bonchev–Trinajstić information content (AvgIpc) is 3.20. The highest BCUT2D eigenvalue weighted by molar-refractivity contribution is 6.23. The van der Waals surface area contributed by atoms with Gasteiger partial charge in [0.25, 0.3) is 11.8 Å². The van der Waals surface area contributed by atoms with Gasteiger partial charge in [-0.15, -0.1) is 0 Å². The number of imide groups is 2. The van der Waals surface area contributed by atoms with Crippen LogP contribution in [0, 0.1) is 0 Å². The maximum absolute atomic E-state index is 13.0. The molecule has 2 fully saturated rings. The molecular weight excluding hydrogens is 516 g/mol. The highest BCUT2D eigenvalue weighted by Crippen LogP contribution is 2.30. The number of carbonyl (C=O) groups is 5. The van der Waals surface area contributed by atoms with Crippen LogP contribution < -0.4 is 14.8 Å². The first kappa shape index (κ1) is 27.3. The van der Waals surface area contributed by atoms with E-state index in [1.807, 2.05) is 29.2 Å². The molecule has 40 heavy (non-hydrogen) atoms. The summed E-state index contributed by atoms with van der Waals surface area (Å²) in [5.74, 6) is -0.819. The van der Waals surface area contributed by atoms with E-state index < -0.39 is 29.7 Å². The zero-order valence-electron chi connectivity index (χ0n) is 22.4. The average molecular weight is 549 g/mol. The van der Waals surface area contributed by atoms with E-state index in [2.05, 4.69) is 10.2 Å². The fourth-order valence-corrected chi connectivity index (χ4v) is 5.31. The number of rotatable bonds is 9. The van der Waals surface area contributed by atoms with Gasteiger partial charge in [-0.3, -0.25) is 39.1 Å². The molecule has 1 N–H and O–H groups in total. The van der Waals surface area contributed by atoms with Gasteiger partial charge in [-0.25, -0.2) is 0 Å². The lowest BCUT2D eigenvalue weighted by molar-refractivity contribution is -0.136. The molecule has 0 spiro atoms. The Morgan fingerprint density at radius 3 is 2.48 bits per heavy atom. The van der Waals surface area contributed by atoms with Gasteiger partial charge in [-0.2, -0.15) is 0 Å². The molecular formula is C29H32N4O7. The summed E-state index contributed by atoms with van der Waals surface area (Å²) in [4.78, 5) is 67.3. The quantitative estimate of drug-likeness (QED) is 0.367. The minimum absolute atomic E-state index is 0.0763. The van der Waals surface area contributed by atoms with Crippen molar-refractivity contribution in [3.8, 4) is 11.5 Å². The molecule has 1 atom stereocenters. The Bertz CT molecular complexity index is 1340. The third kappa shape index (κ3) is 5.84. The van der Waals surface area contributed by atoms with Crippen LogP contribution in [0.15, 0.2) is 42.5 Å². The lowest BCUT2D eigenvalue weighted by atomic mass is 10.0. The number of amides is 5. The van der Waals surface area contributed by atoms with Gasteiger partial charge in [0, 0.05) is 39.1 Å². The van der Waals surface area contributed by atoms with Gasteiger partial charge in [-0.05, 0) is 48.7 Å². The number of ether oxygens (including phenoxy) is 2. The molecule has 3 aliphatic heterocycles. The van der Waals surface area contributed by atoms with Crippen LogP contribution >= 0.6 is 0 Å². The molecule has 0 radical (unpaired) electrons. The topological polar surface area (TPSA) is 126 Å². The summed E-state index contributed by atoms with van der Waals surface area (Å²) in [5.41, 5.74) is 1.35. The smallest absolute Gasteiger partial charge is 0.262 e. The van der Waals surface area contributed by atoms with Gasteiger partial charge >= 0.3 is 0 Å². The number of fused-ring (bicyclic) bond motifs is 1. The van der Waals surface area contributed by atoms with Crippen LogP contribution in [-0.4, -0.2) is 96.7 Å². The fraction of sp³-hybridized carbons (Fsp3) is 0.414. The lowest BCUT2D eigenvalue weighted by Crippen LogP contribution is -2.54. The number of carbonyl (C=O) groups excluding carboxylic acids is 5. The molecule has 210 valence electrons. The Kier molecular flexibility index (Phi) is 8.11. The second kappa shape index (κ2) is 11.9. The van der Waals surface area contributed by atoms with Crippen molar-refractivity contribution in [2.75, 3.05) is 46.4 Å². The summed E-state index contributed by atoms with van der Waals surface area (Å²) in [6.45, 7) is 4.16. The van der Waals surface area contributed by atoms with Gasteiger partial charge < -0.3 is 14.4 Å². The van der Waals surface area contributed by atoms with Crippen molar-refractivity contribution in [3.63, 3.8) is 0 Å². The number of piperidine rings is 1. The first-order chi connectivity index (χ1) is 19.3. The summed E-state index contributed by atoms with van der Waals surface area (Å²) in [6, 6.07) is 11.3. The molecule has 2 aromatic rings. The molecule has 0 saturated carbocycles. The SMILES string of the molecule is COc1cccc(CC(=O)N2CCN(CCCOc3ccc4c(c3)C(=O)N(C3CCC(=O)NC3=O)C4=O)CC2)c1.